The first-order valence-corrected chi connectivity index (χ1v) is 5.81. The van der Waals surface area contributed by atoms with Gasteiger partial charge in [0.05, 0.1) is 0 Å². The molecule has 2 nitrogen and oxygen atoms in total. The van der Waals surface area contributed by atoms with Gasteiger partial charge in [-0.1, -0.05) is 17.7 Å². The van der Waals surface area contributed by atoms with Crippen molar-refractivity contribution in [3.63, 3.8) is 0 Å². The summed E-state index contributed by atoms with van der Waals surface area (Å²) in [6, 6.07) is 8.81. The Kier molecular flexibility index (Phi) is 3.27. The Morgan fingerprint density at radius 1 is 1.20 bits per heavy atom. The van der Waals surface area contributed by atoms with Gasteiger partial charge in [-0.2, -0.15) is 0 Å². The van der Waals surface area contributed by atoms with E-state index in [0.29, 0.717) is 0 Å². The molecule has 0 radical (unpaired) electrons. The van der Waals surface area contributed by atoms with Crippen LogP contribution >= 0.6 is 0 Å². The maximum atomic E-state index is 5.69. The maximum Gasteiger partial charge on any atom is 0.0366 e. The summed E-state index contributed by atoms with van der Waals surface area (Å²) in [6.07, 6.45) is 2.48. The normalized spacial score (nSPS) is 18.1. The molecule has 0 aliphatic carbocycles. The molecule has 1 aliphatic heterocycles. The number of benzene rings is 1. The number of aryl methyl sites for hydroxylation is 1. The molecule has 0 spiro atoms. The van der Waals surface area contributed by atoms with Crippen LogP contribution in [0, 0.1) is 12.8 Å². The average molecular weight is 204 g/mol. The lowest BCUT2D eigenvalue weighted by Gasteiger charge is -2.33. The summed E-state index contributed by atoms with van der Waals surface area (Å²) in [4.78, 5) is 2.46. The lowest BCUT2D eigenvalue weighted by molar-refractivity contribution is 0.414. The van der Waals surface area contributed by atoms with E-state index < -0.39 is 0 Å². The molecule has 1 aromatic carbocycles. The van der Waals surface area contributed by atoms with Crippen molar-refractivity contribution < 1.29 is 0 Å². The molecule has 2 heteroatoms. The van der Waals surface area contributed by atoms with Crippen molar-refractivity contribution in [3.05, 3.63) is 29.8 Å². The summed E-state index contributed by atoms with van der Waals surface area (Å²) < 4.78 is 0. The molecule has 0 unspecified atom stereocenters. The number of hydrogen-bond donors (Lipinski definition) is 1. The Bertz CT molecular complexity index is 297. The molecule has 0 atom stereocenters. The van der Waals surface area contributed by atoms with Crippen molar-refractivity contribution >= 4 is 5.69 Å². The lowest BCUT2D eigenvalue weighted by atomic mass is 9.97. The number of piperidine rings is 1. The van der Waals surface area contributed by atoms with Gasteiger partial charge in [-0.3, -0.25) is 0 Å². The lowest BCUT2D eigenvalue weighted by Crippen LogP contribution is -2.35. The van der Waals surface area contributed by atoms with Crippen LogP contribution in [-0.2, 0) is 0 Å². The zero-order valence-corrected chi connectivity index (χ0v) is 9.45. The molecule has 2 N–H and O–H groups in total. The SMILES string of the molecule is Cc1ccc(N2CCC(CN)CC2)cc1. The van der Waals surface area contributed by atoms with Crippen LogP contribution in [0.2, 0.25) is 0 Å². The second kappa shape index (κ2) is 4.67. The molecule has 82 valence electrons. The van der Waals surface area contributed by atoms with E-state index in [4.69, 9.17) is 5.73 Å². The first-order valence-electron chi connectivity index (χ1n) is 5.81. The van der Waals surface area contributed by atoms with E-state index in [-0.39, 0.29) is 0 Å². The molecule has 2 rings (SSSR count). The third kappa shape index (κ3) is 2.51. The second-order valence-corrected chi connectivity index (χ2v) is 4.50. The highest BCUT2D eigenvalue weighted by molar-refractivity contribution is 5.47. The van der Waals surface area contributed by atoms with Crippen molar-refractivity contribution in [2.75, 3.05) is 24.5 Å². The average Bonchev–Trinajstić information content (AvgIpc) is 2.30. The predicted molar refractivity (Wildman–Crippen MR) is 65.2 cm³/mol. The van der Waals surface area contributed by atoms with Crippen molar-refractivity contribution in [1.29, 1.82) is 0 Å². The fourth-order valence-corrected chi connectivity index (χ4v) is 2.18. The number of anilines is 1. The van der Waals surface area contributed by atoms with Crippen molar-refractivity contribution in [2.24, 2.45) is 11.7 Å². The van der Waals surface area contributed by atoms with Crippen LogP contribution in [0.15, 0.2) is 24.3 Å². The number of rotatable bonds is 2. The molecule has 1 aromatic rings. The Hall–Kier alpha value is -1.02. The van der Waals surface area contributed by atoms with Gasteiger partial charge in [0.15, 0.2) is 0 Å². The van der Waals surface area contributed by atoms with Gasteiger partial charge in [0.2, 0.25) is 0 Å². The fourth-order valence-electron chi connectivity index (χ4n) is 2.18. The summed E-state index contributed by atoms with van der Waals surface area (Å²) in [7, 11) is 0. The zero-order valence-electron chi connectivity index (χ0n) is 9.45. The van der Waals surface area contributed by atoms with Crippen molar-refractivity contribution in [1.82, 2.24) is 0 Å². The van der Waals surface area contributed by atoms with Gasteiger partial charge in [-0.15, -0.1) is 0 Å². The van der Waals surface area contributed by atoms with Gasteiger partial charge in [-0.05, 0) is 44.4 Å². The van der Waals surface area contributed by atoms with E-state index in [1.54, 1.807) is 0 Å². The van der Waals surface area contributed by atoms with E-state index >= 15 is 0 Å². The van der Waals surface area contributed by atoms with Crippen LogP contribution in [-0.4, -0.2) is 19.6 Å². The van der Waals surface area contributed by atoms with E-state index in [1.165, 1.54) is 24.1 Å². The minimum Gasteiger partial charge on any atom is -0.372 e. The molecular formula is C13H20N2. The van der Waals surface area contributed by atoms with E-state index in [0.717, 1.165) is 25.6 Å². The van der Waals surface area contributed by atoms with E-state index in [9.17, 15) is 0 Å². The van der Waals surface area contributed by atoms with Crippen molar-refractivity contribution in [2.45, 2.75) is 19.8 Å². The minimum absolute atomic E-state index is 0.742. The van der Waals surface area contributed by atoms with Crippen LogP contribution in [0.5, 0.6) is 0 Å². The van der Waals surface area contributed by atoms with E-state index in [1.807, 2.05) is 0 Å². The van der Waals surface area contributed by atoms with Gasteiger partial charge >= 0.3 is 0 Å². The standard InChI is InChI=1S/C13H20N2/c1-11-2-4-13(5-3-11)15-8-6-12(10-14)7-9-15/h2-5,12H,6-10,14H2,1H3. The third-order valence-electron chi connectivity index (χ3n) is 3.35. The summed E-state index contributed by atoms with van der Waals surface area (Å²) in [5, 5.41) is 0. The highest BCUT2D eigenvalue weighted by Gasteiger charge is 2.17. The van der Waals surface area contributed by atoms with Crippen LogP contribution in [0.4, 0.5) is 5.69 Å². The Balaban J connectivity index is 1.98. The van der Waals surface area contributed by atoms with Gasteiger partial charge in [0.1, 0.15) is 0 Å². The number of hydrogen-bond acceptors (Lipinski definition) is 2. The zero-order chi connectivity index (χ0) is 10.7. The van der Waals surface area contributed by atoms with Crippen LogP contribution in [0.25, 0.3) is 0 Å². The molecule has 0 saturated carbocycles. The Labute approximate surface area is 92.1 Å². The van der Waals surface area contributed by atoms with E-state index in [2.05, 4.69) is 36.1 Å². The van der Waals surface area contributed by atoms with Crippen LogP contribution < -0.4 is 10.6 Å². The maximum absolute atomic E-state index is 5.69. The summed E-state index contributed by atoms with van der Waals surface area (Å²) in [6.45, 7) is 5.29. The Morgan fingerprint density at radius 3 is 2.33 bits per heavy atom. The molecule has 1 heterocycles. The monoisotopic (exact) mass is 204 g/mol. The van der Waals surface area contributed by atoms with Gasteiger partial charge in [-0.25, -0.2) is 0 Å². The largest absolute Gasteiger partial charge is 0.372 e. The fraction of sp³-hybridized carbons (Fsp3) is 0.538. The van der Waals surface area contributed by atoms with Gasteiger partial charge in [0, 0.05) is 18.8 Å². The van der Waals surface area contributed by atoms with Gasteiger partial charge in [0.25, 0.3) is 0 Å². The first kappa shape index (κ1) is 10.5. The quantitative estimate of drug-likeness (QED) is 0.800. The number of nitrogens with zero attached hydrogens (tertiary/aromatic N) is 1. The molecule has 1 fully saturated rings. The number of nitrogens with two attached hydrogens (primary N) is 1. The summed E-state index contributed by atoms with van der Waals surface area (Å²) in [5.41, 5.74) is 8.38. The molecule has 0 amide bonds. The van der Waals surface area contributed by atoms with Crippen molar-refractivity contribution in [3.8, 4) is 0 Å². The molecule has 15 heavy (non-hydrogen) atoms. The minimum atomic E-state index is 0.742. The first-order chi connectivity index (χ1) is 7.29. The van der Waals surface area contributed by atoms with Crippen LogP contribution in [0.1, 0.15) is 18.4 Å². The summed E-state index contributed by atoms with van der Waals surface area (Å²) >= 11 is 0. The molecule has 1 saturated heterocycles. The van der Waals surface area contributed by atoms with Crippen LogP contribution in [0.3, 0.4) is 0 Å². The highest BCUT2D eigenvalue weighted by Crippen LogP contribution is 2.22. The molecule has 0 bridgehead atoms. The van der Waals surface area contributed by atoms with Gasteiger partial charge < -0.3 is 10.6 Å². The molecular weight excluding hydrogens is 184 g/mol. The second-order valence-electron chi connectivity index (χ2n) is 4.50. The highest BCUT2D eigenvalue weighted by atomic mass is 15.1. The Morgan fingerprint density at radius 2 is 1.80 bits per heavy atom. The summed E-state index contributed by atoms with van der Waals surface area (Å²) in [5.74, 6) is 0.742. The smallest absolute Gasteiger partial charge is 0.0366 e. The molecule has 0 aromatic heterocycles. The topological polar surface area (TPSA) is 29.3 Å². The molecule has 1 aliphatic rings. The predicted octanol–water partition coefficient (Wildman–Crippen LogP) is 2.17. The third-order valence-corrected chi connectivity index (χ3v) is 3.35.